The van der Waals surface area contributed by atoms with Crippen molar-refractivity contribution in [3.63, 3.8) is 0 Å². The highest BCUT2D eigenvalue weighted by atomic mass is 16.7. The number of unbranched alkanes of at least 4 members (excludes halogenated alkanes) is 26. The number of rotatable bonds is 38. The quantitative estimate of drug-likeness (QED) is 0.0300. The number of nitrogens with one attached hydrogen (secondary N) is 1. The summed E-state index contributed by atoms with van der Waals surface area (Å²) in [5.74, 6) is -0.695. The summed E-state index contributed by atoms with van der Waals surface area (Å²) in [4.78, 5) is 13.1. The molecule has 1 aliphatic rings. The second kappa shape index (κ2) is 35.1. The van der Waals surface area contributed by atoms with Gasteiger partial charge in [-0.3, -0.25) is 4.79 Å². The van der Waals surface area contributed by atoms with Crippen molar-refractivity contribution in [2.24, 2.45) is 0 Å². The minimum atomic E-state index is -1.65. The first-order valence-corrected chi connectivity index (χ1v) is 22.9. The van der Waals surface area contributed by atoms with Crippen LogP contribution in [-0.2, 0) is 14.3 Å². The van der Waals surface area contributed by atoms with Crippen LogP contribution in [0.25, 0.3) is 0 Å². The van der Waals surface area contributed by atoms with Crippen molar-refractivity contribution in [1.82, 2.24) is 5.32 Å². The fraction of sp³-hybridized carbons (Fsp3) is 0.977. The van der Waals surface area contributed by atoms with Gasteiger partial charge in [-0.05, 0) is 12.8 Å². The average Bonchev–Trinajstić information content (AvgIpc) is 3.18. The topological polar surface area (TPSA) is 189 Å². The summed E-state index contributed by atoms with van der Waals surface area (Å²) in [6, 6.07) is -1.16. The molecule has 8 N–H and O–H groups in total. The third-order valence-corrected chi connectivity index (χ3v) is 11.4. The van der Waals surface area contributed by atoms with E-state index in [2.05, 4.69) is 19.2 Å². The second-order valence-electron chi connectivity index (χ2n) is 16.5. The van der Waals surface area contributed by atoms with Crippen LogP contribution < -0.4 is 5.32 Å². The van der Waals surface area contributed by atoms with E-state index in [-0.39, 0.29) is 6.42 Å². The van der Waals surface area contributed by atoms with Gasteiger partial charge in [-0.2, -0.15) is 0 Å². The van der Waals surface area contributed by atoms with E-state index in [0.29, 0.717) is 19.3 Å². The summed E-state index contributed by atoms with van der Waals surface area (Å²) in [7, 11) is 0. The lowest BCUT2D eigenvalue weighted by molar-refractivity contribution is -0.303. The molecular formula is C44H87NO10. The molecule has 11 nitrogen and oxygen atoms in total. The van der Waals surface area contributed by atoms with Crippen molar-refractivity contribution in [2.45, 2.75) is 262 Å². The van der Waals surface area contributed by atoms with Gasteiger partial charge in [0.25, 0.3) is 0 Å². The minimum absolute atomic E-state index is 0.266. The molecule has 1 fully saturated rings. The molecule has 1 heterocycles. The van der Waals surface area contributed by atoms with E-state index in [0.717, 1.165) is 38.5 Å². The number of carbonyl (C=O) groups is 1. The van der Waals surface area contributed by atoms with E-state index < -0.39 is 74.2 Å². The highest BCUT2D eigenvalue weighted by Crippen LogP contribution is 2.23. The van der Waals surface area contributed by atoms with Crippen LogP contribution in [0.15, 0.2) is 0 Å². The molecule has 0 aromatic rings. The maximum atomic E-state index is 13.1. The van der Waals surface area contributed by atoms with E-state index in [1.807, 2.05) is 0 Å². The molecule has 0 unspecified atom stereocenters. The first kappa shape index (κ1) is 52.1. The second-order valence-corrected chi connectivity index (χ2v) is 16.5. The molecule has 0 radical (unpaired) electrons. The molecule has 1 saturated heterocycles. The third kappa shape index (κ3) is 25.3. The number of ether oxygens (including phenoxy) is 2. The number of hydrogen-bond acceptors (Lipinski definition) is 10. The molecule has 1 aliphatic heterocycles. The van der Waals surface area contributed by atoms with Gasteiger partial charge in [0, 0.05) is 0 Å². The molecule has 328 valence electrons. The first-order valence-electron chi connectivity index (χ1n) is 22.9. The zero-order chi connectivity index (χ0) is 40.5. The Balaban J connectivity index is 2.41. The number of hydrogen-bond donors (Lipinski definition) is 8. The van der Waals surface area contributed by atoms with Crippen LogP contribution in [0.2, 0.25) is 0 Å². The Bertz CT molecular complexity index is 866. The minimum Gasteiger partial charge on any atom is -0.394 e. The Morgan fingerprint density at radius 3 is 1.35 bits per heavy atom. The summed E-state index contributed by atoms with van der Waals surface area (Å²) in [5, 5.41) is 75.5. The molecule has 0 aromatic carbocycles. The van der Waals surface area contributed by atoms with Gasteiger partial charge in [0.05, 0.1) is 25.4 Å². The predicted molar refractivity (Wildman–Crippen MR) is 220 cm³/mol. The van der Waals surface area contributed by atoms with Crippen LogP contribution in [0.3, 0.4) is 0 Å². The first-order chi connectivity index (χ1) is 26.7. The number of carbonyl (C=O) groups excluding carboxylic acids is 1. The zero-order valence-corrected chi connectivity index (χ0v) is 35.2. The fourth-order valence-electron chi connectivity index (χ4n) is 7.56. The number of aliphatic hydroxyl groups is 7. The molecular weight excluding hydrogens is 702 g/mol. The van der Waals surface area contributed by atoms with Crippen molar-refractivity contribution in [2.75, 3.05) is 13.2 Å². The smallest absolute Gasteiger partial charge is 0.249 e. The lowest BCUT2D eigenvalue weighted by atomic mass is 9.98. The summed E-state index contributed by atoms with van der Waals surface area (Å²) in [5.41, 5.74) is 0. The largest absolute Gasteiger partial charge is 0.394 e. The Morgan fingerprint density at radius 2 is 0.945 bits per heavy atom. The van der Waals surface area contributed by atoms with Crippen molar-refractivity contribution in [3.8, 4) is 0 Å². The molecule has 0 saturated carbocycles. The summed E-state index contributed by atoms with van der Waals surface area (Å²) < 4.78 is 11.1. The Kier molecular flexibility index (Phi) is 33.3. The summed E-state index contributed by atoms with van der Waals surface area (Å²) >= 11 is 0. The fourth-order valence-corrected chi connectivity index (χ4v) is 7.56. The van der Waals surface area contributed by atoms with Gasteiger partial charge in [-0.1, -0.05) is 194 Å². The van der Waals surface area contributed by atoms with Gasteiger partial charge in [0.15, 0.2) is 6.29 Å². The molecule has 0 bridgehead atoms. The molecule has 1 rings (SSSR count). The maximum Gasteiger partial charge on any atom is 0.249 e. The van der Waals surface area contributed by atoms with Crippen LogP contribution in [0.4, 0.5) is 0 Å². The SMILES string of the molecule is CCCCCCCCCCCCCCCCCCCC[C@@H](O)C(=O)N[C@@H](CO[C@H]1O[C@H](CO)[C@H](O)[C@H](O)[C@H]1O)[C@H](O)[C@H](O)CCCCCCCCCCCC. The number of amides is 1. The summed E-state index contributed by atoms with van der Waals surface area (Å²) in [6.07, 6.45) is 23.0. The van der Waals surface area contributed by atoms with Gasteiger partial charge in [0.2, 0.25) is 5.91 Å². The maximum absolute atomic E-state index is 13.1. The zero-order valence-electron chi connectivity index (χ0n) is 35.2. The van der Waals surface area contributed by atoms with Gasteiger partial charge in [-0.15, -0.1) is 0 Å². The molecule has 9 atom stereocenters. The van der Waals surface area contributed by atoms with Crippen molar-refractivity contribution in [1.29, 1.82) is 0 Å². The highest BCUT2D eigenvalue weighted by molar-refractivity contribution is 5.80. The molecule has 11 heteroatoms. The van der Waals surface area contributed by atoms with Crippen molar-refractivity contribution < 1.29 is 50.0 Å². The normalized spacial score (nSPS) is 22.4. The lowest BCUT2D eigenvalue weighted by Crippen LogP contribution is -2.60. The predicted octanol–water partition coefficient (Wildman–Crippen LogP) is 7.11. The van der Waals surface area contributed by atoms with E-state index >= 15 is 0 Å². The monoisotopic (exact) mass is 790 g/mol. The molecule has 0 spiro atoms. The highest BCUT2D eigenvalue weighted by Gasteiger charge is 2.44. The van der Waals surface area contributed by atoms with Crippen LogP contribution in [-0.4, -0.2) is 110 Å². The Hall–Kier alpha value is -0.890. The van der Waals surface area contributed by atoms with Crippen molar-refractivity contribution >= 4 is 5.91 Å². The van der Waals surface area contributed by atoms with Crippen molar-refractivity contribution in [3.05, 3.63) is 0 Å². The van der Waals surface area contributed by atoms with Gasteiger partial charge in [0.1, 0.15) is 36.6 Å². The van der Waals surface area contributed by atoms with Gasteiger partial charge in [-0.25, -0.2) is 0 Å². The molecule has 0 aliphatic carbocycles. The van der Waals surface area contributed by atoms with E-state index in [1.165, 1.54) is 128 Å². The van der Waals surface area contributed by atoms with Gasteiger partial charge < -0.3 is 50.5 Å². The number of aliphatic hydroxyl groups excluding tert-OH is 7. The standard InChI is InChI=1S/C44H87NO10/c1-3-5-7-9-11-13-15-16-17-18-19-20-21-22-24-26-28-30-32-37(48)43(53)45-35(34-54-44-42(52)41(51)40(50)38(33-46)55-44)39(49)36(47)31-29-27-25-23-14-12-10-8-6-4-2/h35-42,44,46-52H,3-34H2,1-2H3,(H,45,53)/t35-,36+,37+,38+,39-,40-,41-,42+,44-/m0/s1. The van der Waals surface area contributed by atoms with Crippen LogP contribution in [0.5, 0.6) is 0 Å². The third-order valence-electron chi connectivity index (χ3n) is 11.4. The molecule has 0 aromatic heterocycles. The Labute approximate surface area is 335 Å². The molecule has 1 amide bonds. The summed E-state index contributed by atoms with van der Waals surface area (Å²) in [6.45, 7) is 3.42. The average molecular weight is 790 g/mol. The van der Waals surface area contributed by atoms with Crippen LogP contribution in [0.1, 0.15) is 206 Å². The van der Waals surface area contributed by atoms with E-state index in [4.69, 9.17) is 9.47 Å². The van der Waals surface area contributed by atoms with Crippen LogP contribution >= 0.6 is 0 Å². The van der Waals surface area contributed by atoms with Crippen LogP contribution in [0, 0.1) is 0 Å². The lowest BCUT2D eigenvalue weighted by Gasteiger charge is -2.40. The Morgan fingerprint density at radius 1 is 0.564 bits per heavy atom. The van der Waals surface area contributed by atoms with E-state index in [9.17, 15) is 40.5 Å². The van der Waals surface area contributed by atoms with Gasteiger partial charge >= 0.3 is 0 Å². The van der Waals surface area contributed by atoms with E-state index in [1.54, 1.807) is 0 Å². The molecule has 55 heavy (non-hydrogen) atoms.